The van der Waals surface area contributed by atoms with Gasteiger partial charge in [-0.05, 0) is 36.8 Å². The summed E-state index contributed by atoms with van der Waals surface area (Å²) in [6.45, 7) is 6.05. The highest BCUT2D eigenvalue weighted by Crippen LogP contribution is 2.32. The van der Waals surface area contributed by atoms with Crippen molar-refractivity contribution < 1.29 is 23.0 Å². The van der Waals surface area contributed by atoms with Crippen molar-refractivity contribution in [1.82, 2.24) is 9.80 Å². The molecule has 154 valence electrons. The topological polar surface area (TPSA) is 54.0 Å². The Balaban J connectivity index is 1.28. The second-order valence-electron chi connectivity index (χ2n) is 7.29. The molecule has 6 nitrogen and oxygen atoms in total. The number of carbonyl (C=O) groups excluding carboxylic acids is 1. The number of fused-ring (bicyclic) bond motifs is 1. The molecule has 1 fully saturated rings. The largest absolute Gasteiger partial charge is 0.454 e. The minimum atomic E-state index is -0.979. The van der Waals surface area contributed by atoms with Gasteiger partial charge in [-0.15, -0.1) is 0 Å². The predicted octanol–water partition coefficient (Wildman–Crippen LogP) is 2.84. The third kappa shape index (κ3) is 4.49. The molecule has 1 atom stereocenters. The van der Waals surface area contributed by atoms with E-state index >= 15 is 0 Å². The molecule has 2 aromatic rings. The fourth-order valence-corrected chi connectivity index (χ4v) is 3.59. The second kappa shape index (κ2) is 8.34. The van der Waals surface area contributed by atoms with Gasteiger partial charge in [0.1, 0.15) is 0 Å². The van der Waals surface area contributed by atoms with Crippen LogP contribution in [-0.2, 0) is 11.3 Å². The van der Waals surface area contributed by atoms with Crippen LogP contribution in [0.3, 0.4) is 0 Å². The van der Waals surface area contributed by atoms with Gasteiger partial charge in [0.05, 0.1) is 6.04 Å². The lowest BCUT2D eigenvalue weighted by molar-refractivity contribution is -0.121. The number of hydrogen-bond acceptors (Lipinski definition) is 5. The molecule has 4 rings (SSSR count). The summed E-state index contributed by atoms with van der Waals surface area (Å²) in [4.78, 5) is 16.9. The van der Waals surface area contributed by atoms with Crippen molar-refractivity contribution in [2.24, 2.45) is 0 Å². The van der Waals surface area contributed by atoms with Crippen molar-refractivity contribution in [3.05, 3.63) is 53.6 Å². The number of nitrogens with zero attached hydrogens (tertiary/aromatic N) is 2. The van der Waals surface area contributed by atoms with E-state index in [1.165, 1.54) is 6.07 Å². The quantitative estimate of drug-likeness (QED) is 0.832. The SMILES string of the molecule is C[C@H](C(=O)Nc1ccc(F)c(F)c1)N1CCN(Cc2ccc3c(c2)OCO3)CC1. The molecule has 1 saturated heterocycles. The van der Waals surface area contributed by atoms with E-state index < -0.39 is 11.6 Å². The smallest absolute Gasteiger partial charge is 0.241 e. The number of rotatable bonds is 5. The first-order valence-corrected chi connectivity index (χ1v) is 9.60. The van der Waals surface area contributed by atoms with Gasteiger partial charge in [0.2, 0.25) is 12.7 Å². The maximum absolute atomic E-state index is 13.3. The average molecular weight is 403 g/mol. The number of ether oxygens (including phenoxy) is 2. The third-order valence-corrected chi connectivity index (χ3v) is 5.36. The first-order valence-electron chi connectivity index (χ1n) is 9.60. The lowest BCUT2D eigenvalue weighted by atomic mass is 10.1. The highest BCUT2D eigenvalue weighted by atomic mass is 19.2. The van der Waals surface area contributed by atoms with Gasteiger partial charge in [0, 0.05) is 44.5 Å². The van der Waals surface area contributed by atoms with E-state index in [9.17, 15) is 13.6 Å². The van der Waals surface area contributed by atoms with Crippen LogP contribution in [0.4, 0.5) is 14.5 Å². The molecule has 0 aromatic heterocycles. The Kier molecular flexibility index (Phi) is 5.64. The lowest BCUT2D eigenvalue weighted by Crippen LogP contribution is -2.52. The van der Waals surface area contributed by atoms with Gasteiger partial charge in [-0.1, -0.05) is 6.07 Å². The van der Waals surface area contributed by atoms with E-state index in [0.29, 0.717) is 0 Å². The van der Waals surface area contributed by atoms with Crippen LogP contribution in [0.15, 0.2) is 36.4 Å². The fourth-order valence-electron chi connectivity index (χ4n) is 3.59. The summed E-state index contributed by atoms with van der Waals surface area (Å²) in [6, 6.07) is 8.96. The second-order valence-corrected chi connectivity index (χ2v) is 7.29. The normalized spacial score (nSPS) is 17.9. The molecule has 0 unspecified atom stereocenters. The summed E-state index contributed by atoms with van der Waals surface area (Å²) in [5, 5.41) is 2.66. The minimum Gasteiger partial charge on any atom is -0.454 e. The molecule has 0 bridgehead atoms. The van der Waals surface area contributed by atoms with E-state index in [1.54, 1.807) is 0 Å². The number of halogens is 2. The molecular weight excluding hydrogens is 380 g/mol. The fraction of sp³-hybridized carbons (Fsp3) is 0.381. The van der Waals surface area contributed by atoms with E-state index in [4.69, 9.17) is 9.47 Å². The first-order chi connectivity index (χ1) is 14.0. The zero-order valence-electron chi connectivity index (χ0n) is 16.2. The molecule has 8 heteroatoms. The van der Waals surface area contributed by atoms with Gasteiger partial charge in [0.25, 0.3) is 0 Å². The monoisotopic (exact) mass is 403 g/mol. The number of anilines is 1. The number of benzene rings is 2. The van der Waals surface area contributed by atoms with Crippen LogP contribution in [0.1, 0.15) is 12.5 Å². The number of amides is 1. The summed E-state index contributed by atoms with van der Waals surface area (Å²) >= 11 is 0. The van der Waals surface area contributed by atoms with Gasteiger partial charge in [-0.2, -0.15) is 0 Å². The number of nitrogens with one attached hydrogen (secondary N) is 1. The molecule has 2 aromatic carbocycles. The number of carbonyl (C=O) groups is 1. The maximum Gasteiger partial charge on any atom is 0.241 e. The molecule has 2 aliphatic heterocycles. The zero-order valence-corrected chi connectivity index (χ0v) is 16.2. The van der Waals surface area contributed by atoms with Crippen LogP contribution in [0.25, 0.3) is 0 Å². The molecule has 0 spiro atoms. The van der Waals surface area contributed by atoms with Crippen molar-refractivity contribution in [3.8, 4) is 11.5 Å². The third-order valence-electron chi connectivity index (χ3n) is 5.36. The minimum absolute atomic E-state index is 0.236. The van der Waals surface area contributed by atoms with E-state index in [1.807, 2.05) is 25.1 Å². The summed E-state index contributed by atoms with van der Waals surface area (Å²) in [7, 11) is 0. The van der Waals surface area contributed by atoms with Gasteiger partial charge in [-0.3, -0.25) is 14.6 Å². The summed E-state index contributed by atoms with van der Waals surface area (Å²) in [6.07, 6.45) is 0. The van der Waals surface area contributed by atoms with Gasteiger partial charge in [0.15, 0.2) is 23.1 Å². The van der Waals surface area contributed by atoms with Crippen LogP contribution < -0.4 is 14.8 Å². The van der Waals surface area contributed by atoms with Crippen molar-refractivity contribution in [3.63, 3.8) is 0 Å². The lowest BCUT2D eigenvalue weighted by Gasteiger charge is -2.37. The standard InChI is InChI=1S/C21H23F2N3O3/c1-14(21(27)24-16-3-4-17(22)18(23)11-16)26-8-6-25(7-9-26)12-15-2-5-19-20(10-15)29-13-28-19/h2-5,10-11,14H,6-9,12-13H2,1H3,(H,24,27)/t14-/m1/s1. The Bertz CT molecular complexity index is 901. The molecule has 0 radical (unpaired) electrons. The maximum atomic E-state index is 13.3. The Morgan fingerprint density at radius 1 is 1.03 bits per heavy atom. The molecule has 29 heavy (non-hydrogen) atoms. The zero-order chi connectivity index (χ0) is 20.4. The van der Waals surface area contributed by atoms with E-state index in [2.05, 4.69) is 15.1 Å². The van der Waals surface area contributed by atoms with Crippen molar-refractivity contribution in [2.75, 3.05) is 38.3 Å². The number of piperazine rings is 1. The molecule has 2 aliphatic rings. The van der Waals surface area contributed by atoms with Crippen molar-refractivity contribution in [1.29, 1.82) is 0 Å². The molecule has 1 amide bonds. The van der Waals surface area contributed by atoms with Crippen molar-refractivity contribution >= 4 is 11.6 Å². The summed E-state index contributed by atoms with van der Waals surface area (Å²) in [5.41, 5.74) is 1.41. The Labute approximate surface area is 168 Å². The molecule has 2 heterocycles. The van der Waals surface area contributed by atoms with Crippen LogP contribution in [0.5, 0.6) is 11.5 Å². The highest BCUT2D eigenvalue weighted by Gasteiger charge is 2.26. The first kappa shape index (κ1) is 19.6. The molecule has 1 N–H and O–H groups in total. The molecule has 0 aliphatic carbocycles. The summed E-state index contributed by atoms with van der Waals surface area (Å²) < 4.78 is 37.1. The Morgan fingerprint density at radius 2 is 1.79 bits per heavy atom. The Morgan fingerprint density at radius 3 is 2.55 bits per heavy atom. The van der Waals surface area contributed by atoms with E-state index in [-0.39, 0.29) is 24.4 Å². The molecular formula is C21H23F2N3O3. The summed E-state index contributed by atoms with van der Waals surface area (Å²) in [5.74, 6) is -0.592. The van der Waals surface area contributed by atoms with Crippen LogP contribution in [0, 0.1) is 11.6 Å². The predicted molar refractivity (Wildman–Crippen MR) is 104 cm³/mol. The van der Waals surface area contributed by atoms with Gasteiger partial charge >= 0.3 is 0 Å². The molecule has 0 saturated carbocycles. The van der Waals surface area contributed by atoms with Crippen LogP contribution in [-0.4, -0.2) is 54.7 Å². The van der Waals surface area contributed by atoms with Crippen LogP contribution >= 0.6 is 0 Å². The van der Waals surface area contributed by atoms with Gasteiger partial charge in [-0.25, -0.2) is 8.78 Å². The van der Waals surface area contributed by atoms with Crippen LogP contribution in [0.2, 0.25) is 0 Å². The number of hydrogen-bond donors (Lipinski definition) is 1. The average Bonchev–Trinajstić information content (AvgIpc) is 3.18. The van der Waals surface area contributed by atoms with Crippen molar-refractivity contribution in [2.45, 2.75) is 19.5 Å². The van der Waals surface area contributed by atoms with E-state index in [0.717, 1.165) is 61.9 Å². The van der Waals surface area contributed by atoms with Gasteiger partial charge < -0.3 is 14.8 Å². The Hall–Kier alpha value is -2.71. The highest BCUT2D eigenvalue weighted by molar-refractivity contribution is 5.94.